The maximum atomic E-state index is 12.4. The van der Waals surface area contributed by atoms with Crippen molar-refractivity contribution in [2.45, 2.75) is 25.4 Å². The molecule has 1 aliphatic carbocycles. The molecule has 0 radical (unpaired) electrons. The Kier molecular flexibility index (Phi) is 3.82. The van der Waals surface area contributed by atoms with Crippen LogP contribution in [0.15, 0.2) is 52.2 Å². The summed E-state index contributed by atoms with van der Waals surface area (Å²) in [6, 6.07) is 7.75. The van der Waals surface area contributed by atoms with Crippen LogP contribution in [0, 0.1) is 0 Å². The molecule has 0 unspecified atom stereocenters. The summed E-state index contributed by atoms with van der Waals surface area (Å²) in [5.41, 5.74) is 2.42. The average molecular weight is 343 g/mol. The molecule has 7 heteroatoms. The van der Waals surface area contributed by atoms with Crippen molar-refractivity contribution in [2.24, 2.45) is 0 Å². The van der Waals surface area contributed by atoms with Crippen LogP contribution in [0.1, 0.15) is 24.6 Å². The van der Waals surface area contributed by atoms with E-state index in [1.807, 2.05) is 24.3 Å². The first-order valence-electron chi connectivity index (χ1n) is 7.72. The largest absolute Gasteiger partial charge is 0.364 e. The second-order valence-corrected chi connectivity index (χ2v) is 6.19. The highest BCUT2D eigenvalue weighted by Crippen LogP contribution is 2.33. The van der Waals surface area contributed by atoms with Gasteiger partial charge >= 0.3 is 0 Å². The number of aromatic nitrogens is 3. The summed E-state index contributed by atoms with van der Waals surface area (Å²) in [4.78, 5) is 16.5. The van der Waals surface area contributed by atoms with Gasteiger partial charge in [0.1, 0.15) is 12.0 Å². The smallest absolute Gasteiger partial charge is 0.293 e. The molecule has 1 N–H and O–H groups in total. The SMILES string of the molecule is O=c1c(NCc2nocc2-c2ccc(Cl)cc2)nccn1C1CC1. The first-order valence-corrected chi connectivity index (χ1v) is 8.10. The van der Waals surface area contributed by atoms with Crippen molar-refractivity contribution < 1.29 is 4.52 Å². The number of benzene rings is 1. The molecule has 4 rings (SSSR count). The number of hydrogen-bond acceptors (Lipinski definition) is 5. The molecule has 24 heavy (non-hydrogen) atoms. The van der Waals surface area contributed by atoms with Gasteiger partial charge in [0.05, 0.1) is 6.54 Å². The zero-order valence-corrected chi connectivity index (χ0v) is 13.5. The fraction of sp³-hybridized carbons (Fsp3) is 0.235. The quantitative estimate of drug-likeness (QED) is 0.768. The van der Waals surface area contributed by atoms with Crippen LogP contribution in [-0.2, 0) is 6.54 Å². The van der Waals surface area contributed by atoms with E-state index in [0.717, 1.165) is 24.0 Å². The second kappa shape index (κ2) is 6.13. The fourth-order valence-electron chi connectivity index (χ4n) is 2.61. The predicted molar refractivity (Wildman–Crippen MR) is 91.0 cm³/mol. The molecule has 3 aromatic rings. The third kappa shape index (κ3) is 2.92. The van der Waals surface area contributed by atoms with Crippen LogP contribution in [0.3, 0.4) is 0 Å². The van der Waals surface area contributed by atoms with Gasteiger partial charge in [-0.05, 0) is 30.5 Å². The van der Waals surface area contributed by atoms with Gasteiger partial charge in [0.25, 0.3) is 5.56 Å². The maximum absolute atomic E-state index is 12.4. The number of anilines is 1. The van der Waals surface area contributed by atoms with E-state index >= 15 is 0 Å². The first-order chi connectivity index (χ1) is 11.7. The summed E-state index contributed by atoms with van der Waals surface area (Å²) in [6.07, 6.45) is 7.06. The van der Waals surface area contributed by atoms with Crippen molar-refractivity contribution >= 4 is 17.4 Å². The molecule has 0 aliphatic heterocycles. The standard InChI is InChI=1S/C17H15ClN4O2/c18-12-3-1-11(2-4-12)14-10-24-21-15(14)9-20-16-17(23)22(8-7-19-16)13-5-6-13/h1-4,7-8,10,13H,5-6,9H2,(H,19,20). The lowest BCUT2D eigenvalue weighted by atomic mass is 10.1. The Morgan fingerprint density at radius 1 is 1.29 bits per heavy atom. The fourth-order valence-corrected chi connectivity index (χ4v) is 2.73. The van der Waals surface area contributed by atoms with Crippen molar-refractivity contribution in [1.29, 1.82) is 0 Å². The molecule has 122 valence electrons. The van der Waals surface area contributed by atoms with E-state index in [1.54, 1.807) is 23.2 Å². The predicted octanol–water partition coefficient (Wildman–Crippen LogP) is 3.50. The van der Waals surface area contributed by atoms with Gasteiger partial charge in [-0.25, -0.2) is 4.98 Å². The molecule has 1 aromatic carbocycles. The molecule has 0 bridgehead atoms. The van der Waals surface area contributed by atoms with Crippen LogP contribution in [-0.4, -0.2) is 14.7 Å². The van der Waals surface area contributed by atoms with Gasteiger partial charge in [0.2, 0.25) is 0 Å². The Bertz CT molecular complexity index is 913. The van der Waals surface area contributed by atoms with Crippen molar-refractivity contribution in [3.05, 3.63) is 64.0 Å². The lowest BCUT2D eigenvalue weighted by Crippen LogP contribution is -2.23. The van der Waals surface area contributed by atoms with Crippen molar-refractivity contribution in [3.63, 3.8) is 0 Å². The minimum Gasteiger partial charge on any atom is -0.364 e. The molecule has 1 fully saturated rings. The van der Waals surface area contributed by atoms with Crippen molar-refractivity contribution in [3.8, 4) is 11.1 Å². The average Bonchev–Trinajstić information content (AvgIpc) is 3.33. The van der Waals surface area contributed by atoms with Gasteiger partial charge in [0.15, 0.2) is 5.82 Å². The van der Waals surface area contributed by atoms with E-state index in [9.17, 15) is 4.79 Å². The summed E-state index contributed by atoms with van der Waals surface area (Å²) in [5, 5.41) is 7.76. The molecule has 6 nitrogen and oxygen atoms in total. The molecule has 2 aromatic heterocycles. The Morgan fingerprint density at radius 2 is 2.08 bits per heavy atom. The number of hydrogen-bond donors (Lipinski definition) is 1. The minimum absolute atomic E-state index is 0.100. The molecule has 1 saturated carbocycles. The zero-order valence-electron chi connectivity index (χ0n) is 12.8. The third-order valence-electron chi connectivity index (χ3n) is 4.03. The van der Waals surface area contributed by atoms with Crippen LogP contribution in [0.5, 0.6) is 0 Å². The lowest BCUT2D eigenvalue weighted by Gasteiger charge is -2.07. The summed E-state index contributed by atoms with van der Waals surface area (Å²) in [7, 11) is 0. The Hall–Kier alpha value is -2.60. The Labute approximate surface area is 143 Å². The van der Waals surface area contributed by atoms with E-state index in [-0.39, 0.29) is 5.56 Å². The van der Waals surface area contributed by atoms with E-state index in [2.05, 4.69) is 15.5 Å². The normalized spacial score (nSPS) is 13.9. The molecule has 1 aliphatic rings. The highest BCUT2D eigenvalue weighted by Gasteiger charge is 2.25. The molecule has 0 amide bonds. The first kappa shape index (κ1) is 15.0. The molecule has 0 atom stereocenters. The van der Waals surface area contributed by atoms with Crippen LogP contribution < -0.4 is 10.9 Å². The van der Waals surface area contributed by atoms with E-state index in [1.165, 1.54) is 0 Å². The van der Waals surface area contributed by atoms with Crippen molar-refractivity contribution in [2.75, 3.05) is 5.32 Å². The van der Waals surface area contributed by atoms with Crippen LogP contribution in [0.4, 0.5) is 5.82 Å². The number of nitrogens with one attached hydrogen (secondary N) is 1. The summed E-state index contributed by atoms with van der Waals surface area (Å²) in [6.45, 7) is 0.353. The highest BCUT2D eigenvalue weighted by molar-refractivity contribution is 6.30. The summed E-state index contributed by atoms with van der Waals surface area (Å²) < 4.78 is 6.83. The molecular formula is C17H15ClN4O2. The summed E-state index contributed by atoms with van der Waals surface area (Å²) >= 11 is 5.92. The van der Waals surface area contributed by atoms with Gasteiger partial charge < -0.3 is 14.4 Å². The monoisotopic (exact) mass is 342 g/mol. The van der Waals surface area contributed by atoms with Gasteiger partial charge in [-0.1, -0.05) is 28.9 Å². The van der Waals surface area contributed by atoms with Crippen LogP contribution >= 0.6 is 11.6 Å². The second-order valence-electron chi connectivity index (χ2n) is 5.75. The molecular weight excluding hydrogens is 328 g/mol. The van der Waals surface area contributed by atoms with Crippen LogP contribution in [0.25, 0.3) is 11.1 Å². The van der Waals surface area contributed by atoms with Gasteiger partial charge in [-0.3, -0.25) is 4.79 Å². The topological polar surface area (TPSA) is 73.0 Å². The van der Waals surface area contributed by atoms with Gasteiger partial charge in [-0.2, -0.15) is 0 Å². The van der Waals surface area contributed by atoms with Gasteiger partial charge in [0, 0.05) is 29.0 Å². The van der Waals surface area contributed by atoms with E-state index < -0.39 is 0 Å². The highest BCUT2D eigenvalue weighted by atomic mass is 35.5. The Balaban J connectivity index is 1.55. The van der Waals surface area contributed by atoms with Crippen molar-refractivity contribution in [1.82, 2.24) is 14.7 Å². The lowest BCUT2D eigenvalue weighted by molar-refractivity contribution is 0.413. The molecule has 0 spiro atoms. The van der Waals surface area contributed by atoms with E-state index in [0.29, 0.717) is 29.1 Å². The van der Waals surface area contributed by atoms with E-state index in [4.69, 9.17) is 16.1 Å². The molecule has 0 saturated heterocycles. The summed E-state index contributed by atoms with van der Waals surface area (Å²) in [5.74, 6) is 0.328. The third-order valence-corrected chi connectivity index (χ3v) is 4.28. The van der Waals surface area contributed by atoms with Crippen LogP contribution in [0.2, 0.25) is 5.02 Å². The van der Waals surface area contributed by atoms with Gasteiger partial charge in [-0.15, -0.1) is 0 Å². The zero-order chi connectivity index (χ0) is 16.5. The molecule has 2 heterocycles. The Morgan fingerprint density at radius 3 is 2.83 bits per heavy atom. The number of halogens is 1. The maximum Gasteiger partial charge on any atom is 0.293 e. The number of rotatable bonds is 5. The minimum atomic E-state index is -0.100. The number of nitrogens with zero attached hydrogens (tertiary/aromatic N) is 3.